The summed E-state index contributed by atoms with van der Waals surface area (Å²) >= 11 is 0. The Kier molecular flexibility index (Phi) is 6.95. The van der Waals surface area contributed by atoms with Gasteiger partial charge in [-0.2, -0.15) is 10.2 Å². The zero-order chi connectivity index (χ0) is 25.5. The second-order valence-electron chi connectivity index (χ2n) is 10.1. The molecule has 4 rings (SSSR count). The summed E-state index contributed by atoms with van der Waals surface area (Å²) in [5, 5.41) is 15.0. The lowest BCUT2D eigenvalue weighted by atomic mass is 9.63. The van der Waals surface area contributed by atoms with Gasteiger partial charge in [-0.15, -0.1) is 5.10 Å². The molecule has 0 saturated carbocycles. The summed E-state index contributed by atoms with van der Waals surface area (Å²) < 4.78 is 31.7. The van der Waals surface area contributed by atoms with E-state index in [-0.39, 0.29) is 11.9 Å². The van der Waals surface area contributed by atoms with Gasteiger partial charge in [-0.3, -0.25) is 0 Å². The number of azo groups is 1. The molecule has 1 N–H and O–H groups in total. The molecule has 0 bridgehead atoms. The van der Waals surface area contributed by atoms with Gasteiger partial charge in [0.15, 0.2) is 5.82 Å². The lowest BCUT2D eigenvalue weighted by molar-refractivity contribution is 0.149. The van der Waals surface area contributed by atoms with Crippen molar-refractivity contribution in [3.8, 4) is 11.1 Å². The van der Waals surface area contributed by atoms with Crippen molar-refractivity contribution in [3.63, 3.8) is 0 Å². The third-order valence-corrected chi connectivity index (χ3v) is 6.89. The largest absolute Gasteiger partial charge is 0.347 e. The van der Waals surface area contributed by atoms with Crippen molar-refractivity contribution < 1.29 is 8.78 Å². The SMILES string of the molecule is [B]C(C)(C)C(C)c1nc(NC2CCN(C)C[C@@H]2F)nn2cc(F)c(-c3ccc(N=NC)c(C)c3)c12. The van der Waals surface area contributed by atoms with Crippen LogP contribution in [0.4, 0.5) is 20.4 Å². The Labute approximate surface area is 206 Å². The number of likely N-dealkylation sites (tertiary alicyclic amines) is 1. The number of benzene rings is 1. The maximum Gasteiger partial charge on any atom is 0.241 e. The lowest BCUT2D eigenvalue weighted by Crippen LogP contribution is -2.46. The first kappa shape index (κ1) is 25.2. The average molecular weight is 479 g/mol. The van der Waals surface area contributed by atoms with E-state index < -0.39 is 23.3 Å². The molecule has 1 aromatic carbocycles. The van der Waals surface area contributed by atoms with Gasteiger partial charge in [0.05, 0.1) is 37.0 Å². The van der Waals surface area contributed by atoms with Crippen molar-refractivity contribution in [1.82, 2.24) is 19.5 Å². The predicted octanol–water partition coefficient (Wildman–Crippen LogP) is 5.48. The third kappa shape index (κ3) is 5.08. The summed E-state index contributed by atoms with van der Waals surface area (Å²) in [4.78, 5) is 6.74. The standard InChI is InChI=1S/C25H32BF2N7/c1-14-11-16(7-8-19(14)32-29-5)21-18(28)13-35-23(21)22(15(2)25(3,4)26)31-24(33-35)30-20-9-10-34(6)12-17(20)27/h7-8,11,13,15,17,20H,9-10,12H2,1-6H3,(H,30,33)/t15?,17-,20?/m0/s1. The van der Waals surface area contributed by atoms with Crippen molar-refractivity contribution in [2.75, 3.05) is 32.5 Å². The molecule has 2 aromatic heterocycles. The number of aryl methyl sites for hydroxylation is 1. The molecule has 7 nitrogen and oxygen atoms in total. The number of alkyl halides is 1. The third-order valence-electron chi connectivity index (χ3n) is 6.89. The van der Waals surface area contributed by atoms with E-state index >= 15 is 4.39 Å². The van der Waals surface area contributed by atoms with Gasteiger partial charge in [-0.05, 0) is 49.6 Å². The van der Waals surface area contributed by atoms with Gasteiger partial charge in [-0.25, -0.2) is 18.3 Å². The monoisotopic (exact) mass is 479 g/mol. The van der Waals surface area contributed by atoms with E-state index in [0.29, 0.717) is 35.3 Å². The van der Waals surface area contributed by atoms with E-state index in [9.17, 15) is 4.39 Å². The Bertz CT molecular complexity index is 1250. The number of piperidine rings is 1. The molecule has 2 radical (unpaired) electrons. The molecule has 0 spiro atoms. The molecule has 184 valence electrons. The maximum absolute atomic E-state index is 15.5. The van der Waals surface area contributed by atoms with Crippen LogP contribution in [0.5, 0.6) is 0 Å². The molecular formula is C25H32BF2N7. The summed E-state index contributed by atoms with van der Waals surface area (Å²) in [5.74, 6) is -0.404. The highest BCUT2D eigenvalue weighted by Crippen LogP contribution is 2.43. The van der Waals surface area contributed by atoms with Gasteiger partial charge in [0, 0.05) is 25.7 Å². The second-order valence-corrected chi connectivity index (χ2v) is 10.1. The highest BCUT2D eigenvalue weighted by Gasteiger charge is 2.31. The fourth-order valence-electron chi connectivity index (χ4n) is 4.49. The number of nitrogens with one attached hydrogen (secondary N) is 1. The molecule has 1 aliphatic rings. The minimum atomic E-state index is -1.06. The molecule has 35 heavy (non-hydrogen) atoms. The van der Waals surface area contributed by atoms with E-state index in [1.165, 1.54) is 10.7 Å². The van der Waals surface area contributed by atoms with E-state index in [0.717, 1.165) is 17.8 Å². The molecular weight excluding hydrogens is 447 g/mol. The molecule has 0 aliphatic carbocycles. The summed E-state index contributed by atoms with van der Waals surface area (Å²) in [6.07, 6.45) is 0.908. The molecule has 1 aliphatic heterocycles. The van der Waals surface area contributed by atoms with Crippen LogP contribution in [-0.4, -0.2) is 66.7 Å². The van der Waals surface area contributed by atoms with E-state index in [2.05, 4.69) is 20.6 Å². The number of aromatic nitrogens is 3. The first-order chi connectivity index (χ1) is 16.5. The molecule has 0 amide bonds. The van der Waals surface area contributed by atoms with Crippen LogP contribution in [-0.2, 0) is 0 Å². The van der Waals surface area contributed by atoms with Gasteiger partial charge in [0.25, 0.3) is 0 Å². The lowest BCUT2D eigenvalue weighted by Gasteiger charge is -2.33. The normalized spacial score (nSPS) is 20.6. The Morgan fingerprint density at radius 3 is 2.69 bits per heavy atom. The Morgan fingerprint density at radius 1 is 1.31 bits per heavy atom. The smallest absolute Gasteiger partial charge is 0.241 e. The van der Waals surface area contributed by atoms with Gasteiger partial charge in [-0.1, -0.05) is 32.2 Å². The fraction of sp³-hybridized carbons (Fsp3) is 0.520. The molecule has 2 unspecified atom stereocenters. The Hall–Kier alpha value is -2.88. The van der Waals surface area contributed by atoms with Crippen LogP contribution in [0.25, 0.3) is 16.6 Å². The van der Waals surface area contributed by atoms with Crippen molar-refractivity contribution in [2.45, 2.75) is 57.6 Å². The first-order valence-corrected chi connectivity index (χ1v) is 11.9. The van der Waals surface area contributed by atoms with Crippen LogP contribution in [0.15, 0.2) is 34.6 Å². The highest BCUT2D eigenvalue weighted by atomic mass is 19.1. The van der Waals surface area contributed by atoms with Gasteiger partial charge in [0.2, 0.25) is 5.95 Å². The maximum atomic E-state index is 15.5. The van der Waals surface area contributed by atoms with Crippen LogP contribution in [0.2, 0.25) is 5.31 Å². The Morgan fingerprint density at radius 2 is 2.06 bits per heavy atom. The zero-order valence-corrected chi connectivity index (χ0v) is 21.2. The van der Waals surface area contributed by atoms with Crippen molar-refractivity contribution >= 4 is 25.0 Å². The molecule has 1 fully saturated rings. The summed E-state index contributed by atoms with van der Waals surface area (Å²) in [6.45, 7) is 8.80. The van der Waals surface area contributed by atoms with Gasteiger partial charge in [0.1, 0.15) is 6.17 Å². The van der Waals surface area contributed by atoms with E-state index in [1.807, 2.05) is 57.8 Å². The zero-order valence-electron chi connectivity index (χ0n) is 21.2. The number of halogens is 2. The minimum absolute atomic E-state index is 0.241. The van der Waals surface area contributed by atoms with Crippen LogP contribution in [0, 0.1) is 12.7 Å². The number of hydrogen-bond acceptors (Lipinski definition) is 6. The van der Waals surface area contributed by atoms with Crippen LogP contribution in [0.3, 0.4) is 0 Å². The molecule has 1 saturated heterocycles. The topological polar surface area (TPSA) is 70.2 Å². The van der Waals surface area contributed by atoms with Gasteiger partial charge >= 0.3 is 0 Å². The highest BCUT2D eigenvalue weighted by molar-refractivity contribution is 6.15. The number of hydrogen-bond donors (Lipinski definition) is 1. The number of fused-ring (bicyclic) bond motifs is 1. The molecule has 3 atom stereocenters. The predicted molar refractivity (Wildman–Crippen MR) is 136 cm³/mol. The van der Waals surface area contributed by atoms with Gasteiger partial charge < -0.3 is 10.2 Å². The Balaban J connectivity index is 1.86. The fourth-order valence-corrected chi connectivity index (χ4v) is 4.49. The number of anilines is 1. The van der Waals surface area contributed by atoms with Crippen LogP contribution < -0.4 is 5.32 Å². The summed E-state index contributed by atoms with van der Waals surface area (Å²) in [5.41, 5.74) is 3.82. The van der Waals surface area contributed by atoms with E-state index in [1.54, 1.807) is 7.05 Å². The van der Waals surface area contributed by atoms with Crippen molar-refractivity contribution in [3.05, 3.63) is 41.5 Å². The van der Waals surface area contributed by atoms with Crippen molar-refractivity contribution in [2.24, 2.45) is 10.2 Å². The molecule has 3 heterocycles. The van der Waals surface area contributed by atoms with Crippen LogP contribution in [0.1, 0.15) is 44.4 Å². The minimum Gasteiger partial charge on any atom is -0.347 e. The second kappa shape index (κ2) is 9.64. The number of nitrogens with zero attached hydrogens (tertiary/aromatic N) is 6. The molecule has 10 heteroatoms. The average Bonchev–Trinajstić information content (AvgIpc) is 3.11. The first-order valence-electron chi connectivity index (χ1n) is 11.9. The quantitative estimate of drug-likeness (QED) is 0.376. The summed E-state index contributed by atoms with van der Waals surface area (Å²) in [7, 11) is 9.98. The molecule has 3 aromatic rings. The summed E-state index contributed by atoms with van der Waals surface area (Å²) in [6, 6.07) is 5.09. The van der Waals surface area contributed by atoms with Crippen molar-refractivity contribution in [1.29, 1.82) is 0 Å². The van der Waals surface area contributed by atoms with E-state index in [4.69, 9.17) is 12.8 Å². The number of rotatable bonds is 6. The van der Waals surface area contributed by atoms with Crippen LogP contribution >= 0.6 is 0 Å².